The molecular weight excluding hydrogens is 291 g/mol. The lowest BCUT2D eigenvalue weighted by atomic mass is 10.1. The van der Waals surface area contributed by atoms with Crippen LogP contribution in [0, 0.1) is 12.7 Å². The fraction of sp³-hybridized carbons (Fsp3) is 0.0526. The van der Waals surface area contributed by atoms with Gasteiger partial charge in [0.15, 0.2) is 0 Å². The Balaban J connectivity index is 2.07. The van der Waals surface area contributed by atoms with Crippen molar-refractivity contribution < 1.29 is 9.18 Å². The van der Waals surface area contributed by atoms with Crippen LogP contribution in [0.1, 0.15) is 21.6 Å². The molecule has 0 aliphatic heterocycles. The minimum absolute atomic E-state index is 0.168. The van der Waals surface area contributed by atoms with E-state index in [0.717, 1.165) is 16.6 Å². The minimum Gasteiger partial charge on any atom is -0.313 e. The van der Waals surface area contributed by atoms with Gasteiger partial charge in [-0.15, -0.1) is 0 Å². The molecule has 23 heavy (non-hydrogen) atoms. The third kappa shape index (κ3) is 2.11. The predicted molar refractivity (Wildman–Crippen MR) is 87.3 cm³/mol. The zero-order valence-electron chi connectivity index (χ0n) is 12.5. The van der Waals surface area contributed by atoms with Gasteiger partial charge in [-0.3, -0.25) is 4.79 Å². The van der Waals surface area contributed by atoms with E-state index >= 15 is 0 Å². The molecule has 4 heteroatoms. The molecular formula is C19H13FN2O. The standard InChI is InChI=1S/C19H13FN2O/c1-12-10-14(20)11-15-18(12)22-9-5-8-16(22)17(21-15)19(23)13-6-3-2-4-7-13/h2-11H,1H3. The average Bonchev–Trinajstić information content (AvgIpc) is 3.03. The molecule has 2 aromatic heterocycles. The first-order valence-corrected chi connectivity index (χ1v) is 7.32. The molecule has 112 valence electrons. The van der Waals surface area contributed by atoms with Crippen molar-refractivity contribution in [3.63, 3.8) is 0 Å². The summed E-state index contributed by atoms with van der Waals surface area (Å²) in [6.45, 7) is 1.84. The maximum atomic E-state index is 13.7. The number of carbonyl (C=O) groups is 1. The van der Waals surface area contributed by atoms with Crippen LogP contribution in [0.15, 0.2) is 60.8 Å². The molecule has 0 spiro atoms. The molecule has 0 radical (unpaired) electrons. The van der Waals surface area contributed by atoms with E-state index in [0.29, 0.717) is 16.8 Å². The molecule has 0 fully saturated rings. The van der Waals surface area contributed by atoms with E-state index in [1.807, 2.05) is 47.9 Å². The van der Waals surface area contributed by atoms with Crippen LogP contribution < -0.4 is 0 Å². The molecule has 0 atom stereocenters. The number of halogens is 1. The van der Waals surface area contributed by atoms with E-state index < -0.39 is 0 Å². The van der Waals surface area contributed by atoms with Gasteiger partial charge < -0.3 is 4.40 Å². The van der Waals surface area contributed by atoms with Crippen molar-refractivity contribution in [3.05, 3.63) is 83.4 Å². The van der Waals surface area contributed by atoms with Crippen LogP contribution in [0.4, 0.5) is 4.39 Å². The molecule has 0 unspecified atom stereocenters. The Morgan fingerprint density at radius 1 is 1.09 bits per heavy atom. The summed E-state index contributed by atoms with van der Waals surface area (Å²) >= 11 is 0. The van der Waals surface area contributed by atoms with Gasteiger partial charge in [-0.1, -0.05) is 30.3 Å². The van der Waals surface area contributed by atoms with E-state index in [-0.39, 0.29) is 11.6 Å². The number of fused-ring (bicyclic) bond motifs is 3. The Bertz CT molecular complexity index is 1050. The smallest absolute Gasteiger partial charge is 0.213 e. The second kappa shape index (κ2) is 5.02. The van der Waals surface area contributed by atoms with Crippen molar-refractivity contribution in [2.45, 2.75) is 6.92 Å². The number of aryl methyl sites for hydroxylation is 1. The number of rotatable bonds is 2. The molecule has 4 aromatic rings. The summed E-state index contributed by atoms with van der Waals surface area (Å²) in [5.74, 6) is -0.523. The first-order valence-electron chi connectivity index (χ1n) is 7.32. The van der Waals surface area contributed by atoms with Crippen LogP contribution >= 0.6 is 0 Å². The maximum Gasteiger partial charge on any atom is 0.213 e. The number of carbonyl (C=O) groups excluding carboxylic acids is 1. The first-order chi connectivity index (χ1) is 11.1. The number of aromatic nitrogens is 2. The molecule has 0 amide bonds. The Kier molecular flexibility index (Phi) is 2.98. The largest absolute Gasteiger partial charge is 0.313 e. The summed E-state index contributed by atoms with van der Waals surface area (Å²) in [4.78, 5) is 17.3. The van der Waals surface area contributed by atoms with Gasteiger partial charge in [0.25, 0.3) is 0 Å². The second-order valence-corrected chi connectivity index (χ2v) is 5.51. The molecule has 2 heterocycles. The summed E-state index contributed by atoms with van der Waals surface area (Å²) in [5.41, 5.74) is 3.70. The van der Waals surface area contributed by atoms with Crippen LogP contribution in [0.3, 0.4) is 0 Å². The molecule has 4 rings (SSSR count). The average molecular weight is 304 g/mol. The fourth-order valence-electron chi connectivity index (χ4n) is 2.96. The summed E-state index contributed by atoms with van der Waals surface area (Å²) in [5, 5.41) is 0. The third-order valence-corrected chi connectivity index (χ3v) is 3.96. The Morgan fingerprint density at radius 2 is 1.87 bits per heavy atom. The topological polar surface area (TPSA) is 34.4 Å². The lowest BCUT2D eigenvalue weighted by Gasteiger charge is -2.10. The zero-order chi connectivity index (χ0) is 16.0. The lowest BCUT2D eigenvalue weighted by molar-refractivity contribution is 0.103. The van der Waals surface area contributed by atoms with Crippen molar-refractivity contribution in [2.75, 3.05) is 0 Å². The van der Waals surface area contributed by atoms with E-state index in [1.165, 1.54) is 12.1 Å². The third-order valence-electron chi connectivity index (χ3n) is 3.96. The van der Waals surface area contributed by atoms with Crippen molar-refractivity contribution in [1.29, 1.82) is 0 Å². The number of hydrogen-bond donors (Lipinski definition) is 0. The van der Waals surface area contributed by atoms with Gasteiger partial charge >= 0.3 is 0 Å². The van der Waals surface area contributed by atoms with Gasteiger partial charge in [-0.25, -0.2) is 9.37 Å². The van der Waals surface area contributed by atoms with Crippen LogP contribution in [0.25, 0.3) is 16.6 Å². The van der Waals surface area contributed by atoms with Gasteiger partial charge in [-0.2, -0.15) is 0 Å². The quantitative estimate of drug-likeness (QED) is 0.521. The van der Waals surface area contributed by atoms with Gasteiger partial charge in [-0.05, 0) is 30.7 Å². The van der Waals surface area contributed by atoms with E-state index in [2.05, 4.69) is 4.98 Å². The van der Waals surface area contributed by atoms with Crippen molar-refractivity contribution in [2.24, 2.45) is 0 Å². The normalized spacial score (nSPS) is 11.2. The molecule has 3 nitrogen and oxygen atoms in total. The van der Waals surface area contributed by atoms with E-state index in [4.69, 9.17) is 0 Å². The summed E-state index contributed by atoms with van der Waals surface area (Å²) in [6.07, 6.45) is 1.87. The SMILES string of the molecule is Cc1cc(F)cc2nc(C(=O)c3ccccc3)c3cccn3c12. The van der Waals surface area contributed by atoms with Crippen LogP contribution in [-0.2, 0) is 0 Å². The highest BCUT2D eigenvalue weighted by Crippen LogP contribution is 2.24. The predicted octanol–water partition coefficient (Wildman–Crippen LogP) is 4.17. The Labute approximate surface area is 132 Å². The number of ketones is 1. The number of hydrogen-bond acceptors (Lipinski definition) is 2. The second-order valence-electron chi connectivity index (χ2n) is 5.51. The van der Waals surface area contributed by atoms with Crippen molar-refractivity contribution in [1.82, 2.24) is 9.38 Å². The van der Waals surface area contributed by atoms with Crippen LogP contribution in [-0.4, -0.2) is 15.2 Å². The van der Waals surface area contributed by atoms with E-state index in [1.54, 1.807) is 12.1 Å². The number of nitrogens with zero attached hydrogens (tertiary/aromatic N) is 2. The van der Waals surface area contributed by atoms with Crippen molar-refractivity contribution >= 4 is 22.3 Å². The number of benzene rings is 2. The van der Waals surface area contributed by atoms with Gasteiger partial charge in [0, 0.05) is 17.8 Å². The van der Waals surface area contributed by atoms with Crippen LogP contribution in [0.5, 0.6) is 0 Å². The first kappa shape index (κ1) is 13.6. The Hall–Kier alpha value is -3.01. The molecule has 0 N–H and O–H groups in total. The summed E-state index contributed by atoms with van der Waals surface area (Å²) in [6, 6.07) is 15.5. The molecule has 0 saturated heterocycles. The summed E-state index contributed by atoms with van der Waals surface area (Å²) < 4.78 is 15.6. The lowest BCUT2D eigenvalue weighted by Crippen LogP contribution is -2.08. The monoisotopic (exact) mass is 304 g/mol. The highest BCUT2D eigenvalue weighted by atomic mass is 19.1. The fourth-order valence-corrected chi connectivity index (χ4v) is 2.96. The highest BCUT2D eigenvalue weighted by Gasteiger charge is 2.17. The van der Waals surface area contributed by atoms with E-state index in [9.17, 15) is 9.18 Å². The molecule has 0 aliphatic carbocycles. The molecule has 2 aromatic carbocycles. The zero-order valence-corrected chi connectivity index (χ0v) is 12.5. The minimum atomic E-state index is -0.355. The Morgan fingerprint density at radius 3 is 2.65 bits per heavy atom. The molecule has 0 saturated carbocycles. The van der Waals surface area contributed by atoms with Gasteiger partial charge in [0.05, 0.1) is 16.6 Å². The molecule has 0 aliphatic rings. The highest BCUT2D eigenvalue weighted by molar-refractivity contribution is 6.12. The maximum absolute atomic E-state index is 13.7. The van der Waals surface area contributed by atoms with Crippen LogP contribution in [0.2, 0.25) is 0 Å². The molecule has 0 bridgehead atoms. The van der Waals surface area contributed by atoms with Crippen molar-refractivity contribution in [3.8, 4) is 0 Å². The van der Waals surface area contributed by atoms with Gasteiger partial charge in [0.1, 0.15) is 11.5 Å². The summed E-state index contributed by atoms with van der Waals surface area (Å²) in [7, 11) is 0. The van der Waals surface area contributed by atoms with Gasteiger partial charge in [0.2, 0.25) is 5.78 Å².